The van der Waals surface area contributed by atoms with Gasteiger partial charge in [0.1, 0.15) is 12.1 Å². The first-order chi connectivity index (χ1) is 7.74. The quantitative estimate of drug-likeness (QED) is 0.854. The van der Waals surface area contributed by atoms with Gasteiger partial charge in [0, 0.05) is 14.7 Å². The van der Waals surface area contributed by atoms with Crippen LogP contribution in [0.15, 0.2) is 22.2 Å². The standard InChI is InChI=1S/C10H5BrN4S/c11-7-1-8(16-5-7)4-15-6-14-9(2-12)10(15)3-13/h1,5-6H,4H2. The van der Waals surface area contributed by atoms with Gasteiger partial charge in [-0.3, -0.25) is 0 Å². The highest BCUT2D eigenvalue weighted by Crippen LogP contribution is 2.21. The summed E-state index contributed by atoms with van der Waals surface area (Å²) in [7, 11) is 0. The second-order valence-electron chi connectivity index (χ2n) is 3.02. The van der Waals surface area contributed by atoms with Gasteiger partial charge in [0.25, 0.3) is 0 Å². The largest absolute Gasteiger partial charge is 0.316 e. The van der Waals surface area contributed by atoms with E-state index in [0.717, 1.165) is 9.35 Å². The summed E-state index contributed by atoms with van der Waals surface area (Å²) in [5, 5.41) is 19.7. The highest BCUT2D eigenvalue weighted by Gasteiger charge is 2.10. The summed E-state index contributed by atoms with van der Waals surface area (Å²) in [5.74, 6) is 0. The maximum atomic E-state index is 8.93. The molecule has 0 spiro atoms. The number of nitrogens with zero attached hydrogens (tertiary/aromatic N) is 4. The first-order valence-corrected chi connectivity index (χ1v) is 6.00. The summed E-state index contributed by atoms with van der Waals surface area (Å²) in [5.41, 5.74) is 0.491. The van der Waals surface area contributed by atoms with Crippen molar-refractivity contribution in [2.75, 3.05) is 0 Å². The fourth-order valence-electron chi connectivity index (χ4n) is 1.31. The zero-order valence-electron chi connectivity index (χ0n) is 8.01. The Bertz CT molecular complexity index is 599. The molecule has 0 aliphatic carbocycles. The van der Waals surface area contributed by atoms with Crippen LogP contribution in [0.2, 0.25) is 0 Å². The van der Waals surface area contributed by atoms with Gasteiger partial charge < -0.3 is 4.57 Å². The highest BCUT2D eigenvalue weighted by molar-refractivity contribution is 9.10. The predicted octanol–water partition coefficient (Wildman–Crippen LogP) is 2.50. The minimum absolute atomic E-state index is 0.179. The van der Waals surface area contributed by atoms with Gasteiger partial charge in [0.15, 0.2) is 11.4 Å². The summed E-state index contributed by atoms with van der Waals surface area (Å²) in [4.78, 5) is 4.98. The number of hydrogen-bond donors (Lipinski definition) is 0. The van der Waals surface area contributed by atoms with Gasteiger partial charge in [0.2, 0.25) is 0 Å². The molecule has 2 aromatic heterocycles. The van der Waals surface area contributed by atoms with E-state index in [2.05, 4.69) is 20.9 Å². The average molecular weight is 293 g/mol. The Morgan fingerprint density at radius 2 is 2.25 bits per heavy atom. The first kappa shape index (κ1) is 10.9. The molecule has 0 saturated carbocycles. The number of imidazole rings is 1. The topological polar surface area (TPSA) is 65.4 Å². The van der Waals surface area contributed by atoms with Gasteiger partial charge in [-0.05, 0) is 22.0 Å². The molecule has 2 heterocycles. The predicted molar refractivity (Wildman–Crippen MR) is 62.8 cm³/mol. The minimum Gasteiger partial charge on any atom is -0.316 e. The van der Waals surface area contributed by atoms with Crippen molar-refractivity contribution < 1.29 is 0 Å². The molecule has 4 nitrogen and oxygen atoms in total. The molecule has 0 amide bonds. The van der Waals surface area contributed by atoms with Crippen molar-refractivity contribution in [1.29, 1.82) is 10.5 Å². The number of thiophene rings is 1. The van der Waals surface area contributed by atoms with Crippen LogP contribution in [0.5, 0.6) is 0 Å². The van der Waals surface area contributed by atoms with E-state index >= 15 is 0 Å². The summed E-state index contributed by atoms with van der Waals surface area (Å²) >= 11 is 4.96. The lowest BCUT2D eigenvalue weighted by Gasteiger charge is -1.99. The summed E-state index contributed by atoms with van der Waals surface area (Å²) in [6, 6.07) is 5.87. The third kappa shape index (κ3) is 1.99. The lowest BCUT2D eigenvalue weighted by atomic mass is 10.3. The summed E-state index contributed by atoms with van der Waals surface area (Å²) in [6.07, 6.45) is 1.52. The van der Waals surface area contributed by atoms with Crippen molar-refractivity contribution in [1.82, 2.24) is 9.55 Å². The van der Waals surface area contributed by atoms with Gasteiger partial charge in [-0.15, -0.1) is 11.3 Å². The Hall–Kier alpha value is -1.63. The van der Waals surface area contributed by atoms with Crippen LogP contribution in [-0.2, 0) is 6.54 Å². The smallest absolute Gasteiger partial charge is 0.176 e. The van der Waals surface area contributed by atoms with E-state index in [-0.39, 0.29) is 5.69 Å². The molecule has 0 radical (unpaired) electrons. The fraction of sp³-hybridized carbons (Fsp3) is 0.100. The number of rotatable bonds is 2. The molecule has 0 aliphatic heterocycles. The van der Waals surface area contributed by atoms with Gasteiger partial charge in [-0.1, -0.05) is 0 Å². The Labute approximate surface area is 105 Å². The maximum Gasteiger partial charge on any atom is 0.176 e. The average Bonchev–Trinajstić information content (AvgIpc) is 2.85. The Morgan fingerprint density at radius 1 is 1.44 bits per heavy atom. The van der Waals surface area contributed by atoms with Crippen LogP contribution in [0.4, 0.5) is 0 Å². The molecule has 0 unspecified atom stereocenters. The molecule has 0 bridgehead atoms. The molecule has 2 aromatic rings. The maximum absolute atomic E-state index is 8.93. The number of aromatic nitrogens is 2. The van der Waals surface area contributed by atoms with Crippen LogP contribution in [0, 0.1) is 22.7 Å². The molecular formula is C10H5BrN4S. The van der Waals surface area contributed by atoms with E-state index in [4.69, 9.17) is 10.5 Å². The lowest BCUT2D eigenvalue weighted by molar-refractivity contribution is 0.797. The van der Waals surface area contributed by atoms with Crippen molar-refractivity contribution in [2.24, 2.45) is 0 Å². The second kappa shape index (κ2) is 4.48. The molecule has 0 atom stereocenters. The molecule has 2 rings (SSSR count). The zero-order chi connectivity index (χ0) is 11.5. The Morgan fingerprint density at radius 3 is 2.81 bits per heavy atom. The van der Waals surface area contributed by atoms with Crippen molar-refractivity contribution in [3.63, 3.8) is 0 Å². The van der Waals surface area contributed by atoms with E-state index in [9.17, 15) is 0 Å². The third-order valence-electron chi connectivity index (χ3n) is 2.00. The van der Waals surface area contributed by atoms with Crippen molar-refractivity contribution in [2.45, 2.75) is 6.54 Å². The number of nitriles is 2. The minimum atomic E-state index is 0.179. The SMILES string of the molecule is N#Cc1ncn(Cc2cc(Br)cs2)c1C#N. The zero-order valence-corrected chi connectivity index (χ0v) is 10.4. The molecule has 0 aliphatic rings. The van der Waals surface area contributed by atoms with Crippen LogP contribution in [0.25, 0.3) is 0 Å². The molecule has 6 heteroatoms. The van der Waals surface area contributed by atoms with Gasteiger partial charge in [-0.25, -0.2) is 4.98 Å². The van der Waals surface area contributed by atoms with E-state index < -0.39 is 0 Å². The van der Waals surface area contributed by atoms with Gasteiger partial charge >= 0.3 is 0 Å². The highest BCUT2D eigenvalue weighted by atomic mass is 79.9. The molecule has 0 fully saturated rings. The fourth-order valence-corrected chi connectivity index (χ4v) is 2.75. The van der Waals surface area contributed by atoms with Crippen LogP contribution < -0.4 is 0 Å². The van der Waals surface area contributed by atoms with Crippen molar-refractivity contribution in [3.05, 3.63) is 38.5 Å². The summed E-state index contributed by atoms with van der Waals surface area (Å²) in [6.45, 7) is 0.563. The Balaban J connectivity index is 2.33. The second-order valence-corrected chi connectivity index (χ2v) is 4.94. The number of hydrogen-bond acceptors (Lipinski definition) is 4. The van der Waals surface area contributed by atoms with Crippen molar-refractivity contribution in [3.8, 4) is 12.1 Å². The van der Waals surface area contributed by atoms with Crippen molar-refractivity contribution >= 4 is 27.3 Å². The van der Waals surface area contributed by atoms with E-state index in [0.29, 0.717) is 12.2 Å². The molecule has 0 N–H and O–H groups in total. The monoisotopic (exact) mass is 292 g/mol. The van der Waals surface area contributed by atoms with Crippen LogP contribution in [-0.4, -0.2) is 9.55 Å². The van der Waals surface area contributed by atoms with Crippen LogP contribution in [0.1, 0.15) is 16.3 Å². The molecule has 0 saturated heterocycles. The van der Waals surface area contributed by atoms with E-state index in [1.807, 2.05) is 23.6 Å². The van der Waals surface area contributed by atoms with Crippen LogP contribution in [0.3, 0.4) is 0 Å². The lowest BCUT2D eigenvalue weighted by Crippen LogP contribution is -1.99. The third-order valence-corrected chi connectivity index (χ3v) is 3.68. The molecule has 16 heavy (non-hydrogen) atoms. The van der Waals surface area contributed by atoms with Crippen LogP contribution >= 0.6 is 27.3 Å². The normalized spacial score (nSPS) is 9.69. The van der Waals surface area contributed by atoms with E-state index in [1.165, 1.54) is 6.33 Å². The van der Waals surface area contributed by atoms with Gasteiger partial charge in [-0.2, -0.15) is 10.5 Å². The first-order valence-electron chi connectivity index (χ1n) is 4.33. The molecule has 78 valence electrons. The molecular weight excluding hydrogens is 288 g/mol. The number of halogens is 1. The summed E-state index contributed by atoms with van der Waals surface area (Å²) < 4.78 is 2.70. The molecule has 0 aromatic carbocycles. The Kier molecular flexibility index (Phi) is 3.04. The van der Waals surface area contributed by atoms with E-state index in [1.54, 1.807) is 15.9 Å². The van der Waals surface area contributed by atoms with Gasteiger partial charge in [0.05, 0.1) is 12.9 Å².